The van der Waals surface area contributed by atoms with Gasteiger partial charge in [0.2, 0.25) is 0 Å². The fraction of sp³-hybridized carbons (Fsp3) is 0. The fourth-order valence-electron chi connectivity index (χ4n) is 2.66. The van der Waals surface area contributed by atoms with Crippen LogP contribution in [0.2, 0.25) is 0 Å². The maximum absolute atomic E-state index is 12.9. The molecule has 4 rings (SSSR count). The molecular formula is C18H12N2O. The normalized spacial score (nSPS) is 11.0. The van der Waals surface area contributed by atoms with Gasteiger partial charge in [0.25, 0.3) is 5.91 Å². The smallest absolute Gasteiger partial charge is 0.264 e. The average Bonchev–Trinajstić information content (AvgIpc) is 2.98. The molecule has 0 unspecified atom stereocenters. The van der Waals surface area contributed by atoms with Crippen molar-refractivity contribution in [2.75, 3.05) is 0 Å². The van der Waals surface area contributed by atoms with E-state index in [0.29, 0.717) is 5.56 Å². The Morgan fingerprint density at radius 3 is 2.57 bits per heavy atom. The van der Waals surface area contributed by atoms with E-state index in [-0.39, 0.29) is 5.91 Å². The minimum atomic E-state index is -0.0551. The molecule has 3 heteroatoms. The molecule has 4 aromatic rings. The lowest BCUT2D eigenvalue weighted by Gasteiger charge is -2.07. The van der Waals surface area contributed by atoms with E-state index in [0.717, 1.165) is 21.8 Å². The van der Waals surface area contributed by atoms with E-state index >= 15 is 0 Å². The zero-order chi connectivity index (χ0) is 14.2. The first kappa shape index (κ1) is 11.9. The number of aromatic nitrogens is 2. The van der Waals surface area contributed by atoms with Gasteiger partial charge in [-0.05, 0) is 29.0 Å². The minimum Gasteiger partial charge on any atom is -0.268 e. The number of imidazole rings is 1. The molecule has 0 aliphatic heterocycles. The van der Waals surface area contributed by atoms with Crippen LogP contribution in [0.15, 0.2) is 73.1 Å². The Hall–Kier alpha value is -2.94. The molecule has 3 nitrogen and oxygen atoms in total. The summed E-state index contributed by atoms with van der Waals surface area (Å²) in [7, 11) is 0. The van der Waals surface area contributed by atoms with E-state index in [1.807, 2.05) is 66.7 Å². The quantitative estimate of drug-likeness (QED) is 0.527. The standard InChI is InChI=1S/C18H12N2O/c21-18(20-12-19-16-10-3-4-11-17(16)20)15-9-5-7-13-6-1-2-8-14(13)15/h1-12H. The summed E-state index contributed by atoms with van der Waals surface area (Å²) >= 11 is 0. The van der Waals surface area contributed by atoms with Crippen LogP contribution in [0.5, 0.6) is 0 Å². The van der Waals surface area contributed by atoms with Crippen LogP contribution in [0, 0.1) is 0 Å². The maximum Gasteiger partial charge on any atom is 0.264 e. The first-order valence-electron chi connectivity index (χ1n) is 6.79. The summed E-state index contributed by atoms with van der Waals surface area (Å²) in [5.74, 6) is -0.0551. The Labute approximate surface area is 121 Å². The molecular weight excluding hydrogens is 260 g/mol. The molecule has 0 aliphatic rings. The maximum atomic E-state index is 12.9. The SMILES string of the molecule is O=C(c1cccc2ccccc12)n1cnc2ccccc21. The second kappa shape index (κ2) is 4.56. The van der Waals surface area contributed by atoms with Crippen LogP contribution in [-0.2, 0) is 0 Å². The van der Waals surface area contributed by atoms with Gasteiger partial charge in [0.15, 0.2) is 0 Å². The van der Waals surface area contributed by atoms with Gasteiger partial charge in [-0.2, -0.15) is 0 Å². The van der Waals surface area contributed by atoms with Crippen molar-refractivity contribution in [1.29, 1.82) is 0 Å². The van der Waals surface area contributed by atoms with Gasteiger partial charge >= 0.3 is 0 Å². The highest BCUT2D eigenvalue weighted by atomic mass is 16.2. The second-order valence-electron chi connectivity index (χ2n) is 4.94. The summed E-state index contributed by atoms with van der Waals surface area (Å²) in [5.41, 5.74) is 2.35. The molecule has 3 aromatic carbocycles. The van der Waals surface area contributed by atoms with Gasteiger partial charge in [0.05, 0.1) is 11.0 Å². The van der Waals surface area contributed by atoms with E-state index in [1.165, 1.54) is 0 Å². The Bertz CT molecular complexity index is 964. The Kier molecular flexibility index (Phi) is 2.57. The fourth-order valence-corrected chi connectivity index (χ4v) is 2.66. The number of rotatable bonds is 1. The molecule has 0 saturated carbocycles. The predicted octanol–water partition coefficient (Wildman–Crippen LogP) is 3.88. The molecule has 1 aromatic heterocycles. The number of hydrogen-bond acceptors (Lipinski definition) is 2. The zero-order valence-electron chi connectivity index (χ0n) is 11.2. The highest BCUT2D eigenvalue weighted by Gasteiger charge is 2.14. The molecule has 0 radical (unpaired) electrons. The topological polar surface area (TPSA) is 34.9 Å². The summed E-state index contributed by atoms with van der Waals surface area (Å²) in [6, 6.07) is 21.3. The monoisotopic (exact) mass is 272 g/mol. The van der Waals surface area contributed by atoms with Gasteiger partial charge in [0, 0.05) is 5.56 Å². The first-order valence-corrected chi connectivity index (χ1v) is 6.79. The van der Waals surface area contributed by atoms with E-state index in [2.05, 4.69) is 4.98 Å². The van der Waals surface area contributed by atoms with Crippen molar-refractivity contribution in [3.05, 3.63) is 78.6 Å². The Morgan fingerprint density at radius 1 is 0.857 bits per heavy atom. The van der Waals surface area contributed by atoms with Crippen molar-refractivity contribution in [2.45, 2.75) is 0 Å². The highest BCUT2D eigenvalue weighted by molar-refractivity contribution is 6.10. The molecule has 0 fully saturated rings. The number of carbonyl (C=O) groups is 1. The van der Waals surface area contributed by atoms with Crippen molar-refractivity contribution in [1.82, 2.24) is 9.55 Å². The Morgan fingerprint density at radius 2 is 1.62 bits per heavy atom. The first-order chi connectivity index (χ1) is 10.3. The molecule has 0 atom stereocenters. The molecule has 0 bridgehead atoms. The molecule has 0 saturated heterocycles. The summed E-state index contributed by atoms with van der Waals surface area (Å²) in [6.45, 7) is 0. The second-order valence-corrected chi connectivity index (χ2v) is 4.94. The van der Waals surface area contributed by atoms with Gasteiger partial charge in [-0.1, -0.05) is 48.5 Å². The van der Waals surface area contributed by atoms with Crippen LogP contribution < -0.4 is 0 Å². The molecule has 0 aliphatic carbocycles. The lowest BCUT2D eigenvalue weighted by molar-refractivity contribution is 0.0966. The zero-order valence-corrected chi connectivity index (χ0v) is 11.2. The molecule has 0 N–H and O–H groups in total. The van der Waals surface area contributed by atoms with E-state index in [9.17, 15) is 4.79 Å². The number of nitrogens with zero attached hydrogens (tertiary/aromatic N) is 2. The van der Waals surface area contributed by atoms with Crippen LogP contribution in [0.1, 0.15) is 10.4 Å². The molecule has 100 valence electrons. The number of para-hydroxylation sites is 2. The number of benzene rings is 3. The largest absolute Gasteiger partial charge is 0.268 e. The van der Waals surface area contributed by atoms with Crippen molar-refractivity contribution in [2.24, 2.45) is 0 Å². The lowest BCUT2D eigenvalue weighted by Crippen LogP contribution is -2.11. The Balaban J connectivity index is 1.95. The van der Waals surface area contributed by atoms with Gasteiger partial charge in [0.1, 0.15) is 6.33 Å². The van der Waals surface area contributed by atoms with Crippen LogP contribution in [-0.4, -0.2) is 15.5 Å². The van der Waals surface area contributed by atoms with Crippen LogP contribution in [0.3, 0.4) is 0 Å². The molecule has 1 heterocycles. The van der Waals surface area contributed by atoms with Crippen LogP contribution in [0.4, 0.5) is 0 Å². The van der Waals surface area contributed by atoms with Crippen LogP contribution >= 0.6 is 0 Å². The van der Waals surface area contributed by atoms with Crippen molar-refractivity contribution >= 4 is 27.7 Å². The van der Waals surface area contributed by atoms with Gasteiger partial charge < -0.3 is 0 Å². The van der Waals surface area contributed by atoms with E-state index < -0.39 is 0 Å². The summed E-state index contributed by atoms with van der Waals surface area (Å²) in [5, 5.41) is 2.02. The third-order valence-corrected chi connectivity index (χ3v) is 3.69. The number of hydrogen-bond donors (Lipinski definition) is 0. The summed E-state index contributed by atoms with van der Waals surface area (Å²) in [6.07, 6.45) is 1.59. The third-order valence-electron chi connectivity index (χ3n) is 3.69. The summed E-state index contributed by atoms with van der Waals surface area (Å²) in [4.78, 5) is 17.1. The lowest BCUT2D eigenvalue weighted by atomic mass is 10.0. The minimum absolute atomic E-state index is 0.0551. The van der Waals surface area contributed by atoms with Crippen molar-refractivity contribution in [3.63, 3.8) is 0 Å². The van der Waals surface area contributed by atoms with Gasteiger partial charge in [-0.15, -0.1) is 0 Å². The predicted molar refractivity (Wildman–Crippen MR) is 83.4 cm³/mol. The van der Waals surface area contributed by atoms with Crippen molar-refractivity contribution in [3.8, 4) is 0 Å². The molecule has 0 spiro atoms. The highest BCUT2D eigenvalue weighted by Crippen LogP contribution is 2.21. The average molecular weight is 272 g/mol. The number of fused-ring (bicyclic) bond motifs is 2. The van der Waals surface area contributed by atoms with Gasteiger partial charge in [-0.3, -0.25) is 9.36 Å². The van der Waals surface area contributed by atoms with Gasteiger partial charge in [-0.25, -0.2) is 4.98 Å². The van der Waals surface area contributed by atoms with E-state index in [1.54, 1.807) is 10.9 Å². The van der Waals surface area contributed by atoms with Crippen molar-refractivity contribution < 1.29 is 4.79 Å². The molecule has 21 heavy (non-hydrogen) atoms. The third kappa shape index (κ3) is 1.82. The van der Waals surface area contributed by atoms with Crippen LogP contribution in [0.25, 0.3) is 21.8 Å². The van der Waals surface area contributed by atoms with E-state index in [4.69, 9.17) is 0 Å². The molecule has 0 amide bonds. The summed E-state index contributed by atoms with van der Waals surface area (Å²) < 4.78 is 1.61. The number of carbonyl (C=O) groups excluding carboxylic acids is 1.